The van der Waals surface area contributed by atoms with E-state index in [4.69, 9.17) is 9.47 Å². The Labute approximate surface area is 158 Å². The molecule has 9 heteroatoms. The Balaban J connectivity index is 1.54. The van der Waals surface area contributed by atoms with Crippen molar-refractivity contribution in [1.29, 1.82) is 0 Å². The molecule has 0 aromatic heterocycles. The summed E-state index contributed by atoms with van der Waals surface area (Å²) in [5.74, 6) is 2.13. The molecule has 8 nitrogen and oxygen atoms in total. The van der Waals surface area contributed by atoms with Crippen molar-refractivity contribution in [2.24, 2.45) is 4.99 Å². The van der Waals surface area contributed by atoms with Crippen LogP contribution in [0.15, 0.2) is 47.5 Å². The van der Waals surface area contributed by atoms with Gasteiger partial charge in [0, 0.05) is 25.8 Å². The molecule has 1 aliphatic heterocycles. The van der Waals surface area contributed by atoms with Crippen LogP contribution < -0.4 is 24.8 Å². The van der Waals surface area contributed by atoms with E-state index < -0.39 is 10.0 Å². The van der Waals surface area contributed by atoms with Crippen LogP contribution in [0, 0.1) is 0 Å². The highest BCUT2D eigenvalue weighted by molar-refractivity contribution is 7.92. The van der Waals surface area contributed by atoms with Gasteiger partial charge in [0.1, 0.15) is 0 Å². The maximum absolute atomic E-state index is 11.3. The summed E-state index contributed by atoms with van der Waals surface area (Å²) in [4.78, 5) is 4.20. The molecule has 2 aromatic rings. The molecule has 0 bridgehead atoms. The van der Waals surface area contributed by atoms with Gasteiger partial charge in [-0.1, -0.05) is 18.2 Å². The average molecular weight is 390 g/mol. The number of hydrogen-bond donors (Lipinski definition) is 3. The monoisotopic (exact) mass is 390 g/mol. The van der Waals surface area contributed by atoms with Gasteiger partial charge >= 0.3 is 0 Å². The minimum Gasteiger partial charge on any atom is -0.454 e. The van der Waals surface area contributed by atoms with Gasteiger partial charge in [-0.15, -0.1) is 0 Å². The molecule has 0 unspecified atom stereocenters. The molecule has 2 aromatic carbocycles. The highest BCUT2D eigenvalue weighted by Crippen LogP contribution is 2.32. The van der Waals surface area contributed by atoms with Crippen LogP contribution in [0.2, 0.25) is 0 Å². The van der Waals surface area contributed by atoms with E-state index in [-0.39, 0.29) is 6.79 Å². The molecule has 0 spiro atoms. The summed E-state index contributed by atoms with van der Waals surface area (Å²) in [5.41, 5.74) is 2.50. The van der Waals surface area contributed by atoms with Crippen molar-refractivity contribution in [3.05, 3.63) is 53.6 Å². The first-order chi connectivity index (χ1) is 12.9. The zero-order valence-corrected chi connectivity index (χ0v) is 16.0. The second kappa shape index (κ2) is 8.17. The Morgan fingerprint density at radius 3 is 2.44 bits per heavy atom. The van der Waals surface area contributed by atoms with Crippen LogP contribution in [-0.4, -0.2) is 34.5 Å². The molecule has 0 atom stereocenters. The van der Waals surface area contributed by atoms with Gasteiger partial charge in [0.2, 0.25) is 16.8 Å². The minimum atomic E-state index is -3.30. The third-order valence-electron chi connectivity index (χ3n) is 3.81. The number of guanidine groups is 1. The molecule has 0 fully saturated rings. The predicted molar refractivity (Wildman–Crippen MR) is 105 cm³/mol. The fourth-order valence-corrected chi connectivity index (χ4v) is 3.16. The molecule has 0 aliphatic carbocycles. The highest BCUT2D eigenvalue weighted by atomic mass is 32.2. The van der Waals surface area contributed by atoms with Crippen molar-refractivity contribution in [3.63, 3.8) is 0 Å². The number of anilines is 1. The zero-order valence-electron chi connectivity index (χ0n) is 15.2. The average Bonchev–Trinajstić information content (AvgIpc) is 3.08. The van der Waals surface area contributed by atoms with Crippen LogP contribution in [-0.2, 0) is 23.1 Å². The Morgan fingerprint density at radius 2 is 1.74 bits per heavy atom. The van der Waals surface area contributed by atoms with Gasteiger partial charge < -0.3 is 20.1 Å². The summed E-state index contributed by atoms with van der Waals surface area (Å²) < 4.78 is 35.8. The van der Waals surface area contributed by atoms with Gasteiger partial charge in [-0.05, 0) is 35.4 Å². The summed E-state index contributed by atoms with van der Waals surface area (Å²) >= 11 is 0. The summed E-state index contributed by atoms with van der Waals surface area (Å²) in [5, 5.41) is 6.44. The molecular formula is C18H22N4O4S. The van der Waals surface area contributed by atoms with E-state index in [0.717, 1.165) is 28.9 Å². The molecule has 144 valence electrons. The topological polar surface area (TPSA) is 101 Å². The number of nitrogens with one attached hydrogen (secondary N) is 3. The second-order valence-electron chi connectivity index (χ2n) is 6.04. The van der Waals surface area contributed by atoms with Gasteiger partial charge in [0.15, 0.2) is 17.5 Å². The lowest BCUT2D eigenvalue weighted by atomic mass is 10.2. The molecule has 0 saturated heterocycles. The molecule has 0 saturated carbocycles. The number of fused-ring (bicyclic) bond motifs is 1. The summed E-state index contributed by atoms with van der Waals surface area (Å²) in [6, 6.07) is 13.0. The quantitative estimate of drug-likeness (QED) is 0.512. The van der Waals surface area contributed by atoms with Gasteiger partial charge in [0.25, 0.3) is 0 Å². The van der Waals surface area contributed by atoms with Crippen molar-refractivity contribution in [3.8, 4) is 11.5 Å². The van der Waals surface area contributed by atoms with Crippen LogP contribution in [0.25, 0.3) is 0 Å². The predicted octanol–water partition coefficient (Wildman–Crippen LogP) is 1.65. The van der Waals surface area contributed by atoms with Crippen LogP contribution in [0.1, 0.15) is 11.1 Å². The molecule has 1 aliphatic rings. The maximum Gasteiger partial charge on any atom is 0.231 e. The third kappa shape index (κ3) is 5.52. The van der Waals surface area contributed by atoms with Gasteiger partial charge in [-0.25, -0.2) is 8.42 Å². The largest absolute Gasteiger partial charge is 0.454 e. The van der Waals surface area contributed by atoms with Gasteiger partial charge in [-0.2, -0.15) is 0 Å². The van der Waals surface area contributed by atoms with Gasteiger partial charge in [-0.3, -0.25) is 9.71 Å². The number of aliphatic imine (C=N–C) groups is 1. The smallest absolute Gasteiger partial charge is 0.231 e. The van der Waals surface area contributed by atoms with E-state index in [2.05, 4.69) is 20.3 Å². The van der Waals surface area contributed by atoms with E-state index in [1.807, 2.05) is 24.3 Å². The number of hydrogen-bond acceptors (Lipinski definition) is 5. The Bertz CT molecular complexity index is 944. The first-order valence-corrected chi connectivity index (χ1v) is 10.2. The van der Waals surface area contributed by atoms with Crippen LogP contribution in [0.5, 0.6) is 11.5 Å². The lowest BCUT2D eigenvalue weighted by molar-refractivity contribution is 0.174. The summed E-state index contributed by atoms with van der Waals surface area (Å²) in [6.45, 7) is 1.33. The number of ether oxygens (including phenoxy) is 2. The number of nitrogens with zero attached hydrogens (tertiary/aromatic N) is 1. The lowest BCUT2D eigenvalue weighted by Gasteiger charge is -2.13. The fraction of sp³-hybridized carbons (Fsp3) is 0.278. The first-order valence-electron chi connectivity index (χ1n) is 8.33. The van der Waals surface area contributed by atoms with Crippen LogP contribution >= 0.6 is 0 Å². The van der Waals surface area contributed by atoms with E-state index >= 15 is 0 Å². The Hall–Kier alpha value is -2.94. The van der Waals surface area contributed by atoms with Crippen LogP contribution in [0.4, 0.5) is 5.69 Å². The molecule has 3 N–H and O–H groups in total. The Kier molecular flexibility index (Phi) is 5.70. The number of sulfonamides is 1. The van der Waals surface area contributed by atoms with Crippen molar-refractivity contribution in [2.75, 3.05) is 24.8 Å². The minimum absolute atomic E-state index is 0.253. The molecule has 0 radical (unpaired) electrons. The molecular weight excluding hydrogens is 368 g/mol. The van der Waals surface area contributed by atoms with Crippen molar-refractivity contribution in [2.45, 2.75) is 13.1 Å². The molecule has 0 amide bonds. The van der Waals surface area contributed by atoms with Gasteiger partial charge in [0.05, 0.1) is 6.26 Å². The molecule has 1 heterocycles. The standard InChI is InChI=1S/C18H22N4O4S/c1-19-18(21-11-14-6-7-16-17(9-14)26-12-25-16)20-10-13-4-3-5-15(8-13)22-27(2,23)24/h3-9,22H,10-12H2,1-2H3,(H2,19,20,21). The maximum atomic E-state index is 11.3. The first kappa shape index (κ1) is 18.8. The normalized spacial score (nSPS) is 13.3. The molecule has 3 rings (SSSR count). The van der Waals surface area contributed by atoms with Crippen LogP contribution in [0.3, 0.4) is 0 Å². The number of rotatable bonds is 6. The van der Waals surface area contributed by atoms with Crippen molar-refractivity contribution >= 4 is 21.7 Å². The van der Waals surface area contributed by atoms with E-state index in [0.29, 0.717) is 24.7 Å². The Morgan fingerprint density at radius 1 is 1.04 bits per heavy atom. The lowest BCUT2D eigenvalue weighted by Crippen LogP contribution is -2.36. The fourth-order valence-electron chi connectivity index (χ4n) is 2.60. The molecule has 27 heavy (non-hydrogen) atoms. The van der Waals surface area contributed by atoms with Crippen molar-refractivity contribution in [1.82, 2.24) is 10.6 Å². The second-order valence-corrected chi connectivity index (χ2v) is 7.79. The summed E-state index contributed by atoms with van der Waals surface area (Å²) in [7, 11) is -1.61. The van der Waals surface area contributed by atoms with Crippen molar-refractivity contribution < 1.29 is 17.9 Å². The highest BCUT2D eigenvalue weighted by Gasteiger charge is 2.13. The summed E-state index contributed by atoms with van der Waals surface area (Å²) in [6.07, 6.45) is 1.12. The SMILES string of the molecule is CN=C(NCc1cccc(NS(C)(=O)=O)c1)NCc1ccc2c(c1)OCO2. The third-order valence-corrected chi connectivity index (χ3v) is 4.42. The van der Waals surface area contributed by atoms with E-state index in [1.54, 1.807) is 25.2 Å². The number of benzene rings is 2. The van der Waals surface area contributed by atoms with E-state index in [9.17, 15) is 8.42 Å². The zero-order chi connectivity index (χ0) is 19.3. The van der Waals surface area contributed by atoms with E-state index in [1.165, 1.54) is 0 Å².